The van der Waals surface area contributed by atoms with E-state index in [2.05, 4.69) is 31.3 Å². The van der Waals surface area contributed by atoms with Crippen molar-refractivity contribution in [3.63, 3.8) is 0 Å². The molecule has 0 bridgehead atoms. The van der Waals surface area contributed by atoms with Crippen molar-refractivity contribution in [1.29, 1.82) is 0 Å². The molecule has 10 nitrogen and oxygen atoms in total. The maximum atomic E-state index is 13.3. The van der Waals surface area contributed by atoms with Gasteiger partial charge in [-0.2, -0.15) is 0 Å². The van der Waals surface area contributed by atoms with Gasteiger partial charge in [0.15, 0.2) is 11.0 Å². The van der Waals surface area contributed by atoms with Crippen LogP contribution < -0.4 is 14.9 Å². The molecule has 3 aliphatic carbocycles. The summed E-state index contributed by atoms with van der Waals surface area (Å²) < 4.78 is 33.6. The number of hydrogen-bond donors (Lipinski definition) is 3. The summed E-state index contributed by atoms with van der Waals surface area (Å²) >= 11 is 0. The number of hydrogen-bond acceptors (Lipinski definition) is 8. The summed E-state index contributed by atoms with van der Waals surface area (Å²) in [6, 6.07) is 4.61. The lowest BCUT2D eigenvalue weighted by Gasteiger charge is -2.22. The Labute approximate surface area is 208 Å². The molecule has 3 aromatic rings. The summed E-state index contributed by atoms with van der Waals surface area (Å²) in [6.45, 7) is 1.75. The van der Waals surface area contributed by atoms with Gasteiger partial charge in [-0.1, -0.05) is 6.07 Å². The monoisotopic (exact) mass is 509 g/mol. The summed E-state index contributed by atoms with van der Waals surface area (Å²) in [7, 11) is -4.24. The Balaban J connectivity index is 1.15. The van der Waals surface area contributed by atoms with Crippen molar-refractivity contribution in [1.82, 2.24) is 15.0 Å². The molecule has 2 heterocycles. The molecule has 1 unspecified atom stereocenters. The second-order valence-corrected chi connectivity index (χ2v) is 12.1. The van der Waals surface area contributed by atoms with Crippen molar-refractivity contribution in [2.24, 2.45) is 17.8 Å². The average Bonchev–Trinajstić information content (AvgIpc) is 3.47. The minimum Gasteiger partial charge on any atom is -0.396 e. The Morgan fingerprint density at radius 1 is 1.03 bits per heavy atom. The molecule has 0 radical (unpaired) electrons. The van der Waals surface area contributed by atoms with E-state index >= 15 is 0 Å². The minimum atomic E-state index is -4.24. The van der Waals surface area contributed by atoms with E-state index in [9.17, 15) is 18.3 Å². The lowest BCUT2D eigenvalue weighted by molar-refractivity contribution is 0.256. The molecule has 2 amide bonds. The molecule has 1 saturated carbocycles. The number of amides is 2. The highest BCUT2D eigenvalue weighted by Crippen LogP contribution is 2.52. The van der Waals surface area contributed by atoms with E-state index < -0.39 is 16.1 Å². The van der Waals surface area contributed by atoms with Gasteiger partial charge in [0, 0.05) is 25.4 Å². The van der Waals surface area contributed by atoms with Crippen LogP contribution in [-0.4, -0.2) is 49.6 Å². The van der Waals surface area contributed by atoms with Crippen LogP contribution in [0.5, 0.6) is 0 Å². The number of fused-ring (bicyclic) bond motifs is 4. The number of nitrogens with zero attached hydrogens (tertiary/aromatic N) is 3. The van der Waals surface area contributed by atoms with Crippen molar-refractivity contribution in [2.45, 2.75) is 43.4 Å². The van der Waals surface area contributed by atoms with Crippen LogP contribution in [0.15, 0.2) is 27.7 Å². The summed E-state index contributed by atoms with van der Waals surface area (Å²) in [5, 5.41) is 20.1. The molecule has 188 valence electrons. The van der Waals surface area contributed by atoms with Gasteiger partial charge in [-0.15, -0.1) is 0 Å². The second-order valence-electron chi connectivity index (χ2n) is 10.4. The average molecular weight is 510 g/mol. The zero-order valence-corrected chi connectivity index (χ0v) is 20.5. The van der Waals surface area contributed by atoms with Crippen molar-refractivity contribution < 1.29 is 22.9 Å². The highest BCUT2D eigenvalue weighted by Gasteiger charge is 2.55. The molecule has 1 aromatic heterocycles. The summed E-state index contributed by atoms with van der Waals surface area (Å²) in [5.41, 5.74) is 6.73. The zero-order valence-electron chi connectivity index (χ0n) is 19.7. The van der Waals surface area contributed by atoms with E-state index in [1.807, 2.05) is 0 Å². The number of rotatable bonds is 5. The maximum absolute atomic E-state index is 13.3. The number of sulfonamides is 1. The van der Waals surface area contributed by atoms with Gasteiger partial charge in [0.1, 0.15) is 4.90 Å². The molecule has 3 N–H and O–H groups in total. The molecular weight excluding hydrogens is 482 g/mol. The fraction of sp³-hybridized carbons (Fsp3) is 0.480. The molecule has 3 atom stereocenters. The highest BCUT2D eigenvalue weighted by molar-refractivity contribution is 7.90. The van der Waals surface area contributed by atoms with Crippen molar-refractivity contribution in [2.75, 3.05) is 29.9 Å². The van der Waals surface area contributed by atoms with Gasteiger partial charge in [0.05, 0.1) is 5.69 Å². The van der Waals surface area contributed by atoms with Crippen LogP contribution in [0.2, 0.25) is 0 Å². The van der Waals surface area contributed by atoms with Crippen molar-refractivity contribution in [3.8, 4) is 0 Å². The van der Waals surface area contributed by atoms with Gasteiger partial charge < -0.3 is 15.3 Å². The lowest BCUT2D eigenvalue weighted by Crippen LogP contribution is -2.35. The van der Waals surface area contributed by atoms with Gasteiger partial charge in [-0.05, 0) is 101 Å². The SMILES string of the molecule is O=C(Nc1c2c(cc3c1CCC3)CCC2)NS(=O)(=O)c1ccc(N2C[C@@H]3C(CO)[C@@H]3C2)c2nonc12. The predicted octanol–water partition coefficient (Wildman–Crippen LogP) is 2.39. The molecule has 36 heavy (non-hydrogen) atoms. The number of benzene rings is 2. The predicted molar refractivity (Wildman–Crippen MR) is 131 cm³/mol. The minimum absolute atomic E-state index is 0.0913. The normalized spacial score (nSPS) is 24.0. The first-order valence-corrected chi connectivity index (χ1v) is 14.0. The van der Waals surface area contributed by atoms with Crippen LogP contribution in [0, 0.1) is 17.8 Å². The maximum Gasteiger partial charge on any atom is 0.333 e. The quantitative estimate of drug-likeness (QED) is 0.477. The van der Waals surface area contributed by atoms with E-state index in [4.69, 9.17) is 4.63 Å². The number of nitrogens with one attached hydrogen (secondary N) is 2. The molecule has 2 fully saturated rings. The molecule has 1 aliphatic heterocycles. The number of carbonyl (C=O) groups is 1. The molecule has 7 rings (SSSR count). The van der Waals surface area contributed by atoms with Crippen LogP contribution in [0.3, 0.4) is 0 Å². The molecule has 2 aromatic carbocycles. The Morgan fingerprint density at radius 2 is 1.69 bits per heavy atom. The second kappa shape index (κ2) is 7.91. The number of aliphatic hydroxyl groups is 1. The van der Waals surface area contributed by atoms with Crippen LogP contribution in [0.25, 0.3) is 11.0 Å². The number of urea groups is 1. The molecular formula is C25H27N5O5S. The smallest absolute Gasteiger partial charge is 0.333 e. The van der Waals surface area contributed by atoms with Crippen LogP contribution in [0.4, 0.5) is 16.2 Å². The Bertz CT molecular complexity index is 1470. The number of carbonyl (C=O) groups excluding carboxylic acids is 1. The van der Waals surface area contributed by atoms with E-state index in [0.29, 0.717) is 23.3 Å². The van der Waals surface area contributed by atoms with Crippen LogP contribution in [0.1, 0.15) is 35.1 Å². The van der Waals surface area contributed by atoms with E-state index in [0.717, 1.165) is 74.1 Å². The number of aromatic nitrogens is 2. The van der Waals surface area contributed by atoms with Crippen LogP contribution >= 0.6 is 0 Å². The summed E-state index contributed by atoms with van der Waals surface area (Å²) in [5.74, 6) is 1.24. The van der Waals surface area contributed by atoms with Gasteiger partial charge in [-0.3, -0.25) is 0 Å². The fourth-order valence-electron chi connectivity index (χ4n) is 6.70. The van der Waals surface area contributed by atoms with E-state index in [1.165, 1.54) is 17.2 Å². The Morgan fingerprint density at radius 3 is 2.36 bits per heavy atom. The Kier molecular flexibility index (Phi) is 4.84. The largest absolute Gasteiger partial charge is 0.396 e. The number of aliphatic hydroxyl groups excluding tert-OH is 1. The highest BCUT2D eigenvalue weighted by atomic mass is 32.2. The number of piperidine rings is 1. The molecule has 4 aliphatic rings. The summed E-state index contributed by atoms with van der Waals surface area (Å²) in [4.78, 5) is 14.9. The first-order valence-electron chi connectivity index (χ1n) is 12.6. The van der Waals surface area contributed by atoms with Gasteiger partial charge >= 0.3 is 6.03 Å². The first-order chi connectivity index (χ1) is 17.4. The zero-order chi connectivity index (χ0) is 24.6. The third-order valence-corrected chi connectivity index (χ3v) is 9.87. The molecule has 0 spiro atoms. The van der Waals surface area contributed by atoms with Gasteiger partial charge in [0.2, 0.25) is 0 Å². The summed E-state index contributed by atoms with van der Waals surface area (Å²) in [6.07, 6.45) is 5.81. The topological polar surface area (TPSA) is 138 Å². The Hall–Kier alpha value is -3.18. The van der Waals surface area contributed by atoms with Crippen molar-refractivity contribution >= 4 is 38.5 Å². The van der Waals surface area contributed by atoms with Crippen molar-refractivity contribution in [3.05, 3.63) is 40.5 Å². The lowest BCUT2D eigenvalue weighted by atomic mass is 9.99. The van der Waals surface area contributed by atoms with E-state index in [-0.39, 0.29) is 17.0 Å². The third-order valence-electron chi connectivity index (χ3n) is 8.51. The number of anilines is 2. The van der Waals surface area contributed by atoms with Crippen LogP contribution in [-0.2, 0) is 35.7 Å². The first kappa shape index (κ1) is 22.1. The standard InChI is InChI=1S/C25H27N5O5S/c31-12-19-17-10-30(11-18(17)19)20-7-8-21(24-23(20)27-35-28-24)36(33,34)29-25(32)26-22-15-5-1-3-13(15)9-14-4-2-6-16(14)22/h7-9,17-19,31H,1-6,10-12H2,(H2,26,29,32)/t17-,18+,19?. The molecule has 11 heteroatoms. The van der Waals surface area contributed by atoms with Gasteiger partial charge in [-0.25, -0.2) is 22.6 Å². The van der Waals surface area contributed by atoms with Gasteiger partial charge in [0.25, 0.3) is 10.0 Å². The van der Waals surface area contributed by atoms with E-state index in [1.54, 1.807) is 6.07 Å². The fourth-order valence-corrected chi connectivity index (χ4v) is 7.74. The third kappa shape index (κ3) is 3.32. The number of aryl methyl sites for hydroxylation is 2. The molecule has 1 saturated heterocycles.